The number of hydrogen-bond donors (Lipinski definition) is 1. The zero-order chi connectivity index (χ0) is 16.1. The number of carbonyl (C=O) groups excluding carboxylic acids is 2. The van der Waals surface area contributed by atoms with E-state index in [0.29, 0.717) is 13.0 Å². The molecular formula is C16H31NO4. The number of nitrogens with one attached hydrogen (secondary N) is 1. The van der Waals surface area contributed by atoms with E-state index in [2.05, 4.69) is 12.2 Å². The smallest absolute Gasteiger partial charge is 0.407 e. The van der Waals surface area contributed by atoms with Gasteiger partial charge in [0.1, 0.15) is 6.04 Å². The van der Waals surface area contributed by atoms with Crippen LogP contribution in [0.2, 0.25) is 0 Å². The molecule has 0 aliphatic carbocycles. The van der Waals surface area contributed by atoms with Gasteiger partial charge in [-0.25, -0.2) is 9.59 Å². The van der Waals surface area contributed by atoms with Crippen molar-refractivity contribution >= 4 is 12.1 Å². The number of ether oxygens (including phenoxy) is 2. The first-order valence-electron chi connectivity index (χ1n) is 8.11. The van der Waals surface area contributed by atoms with Crippen molar-refractivity contribution < 1.29 is 19.1 Å². The summed E-state index contributed by atoms with van der Waals surface area (Å²) in [6, 6.07) is -0.625. The van der Waals surface area contributed by atoms with Gasteiger partial charge in [-0.15, -0.1) is 0 Å². The van der Waals surface area contributed by atoms with Crippen LogP contribution in [0.4, 0.5) is 4.79 Å². The van der Waals surface area contributed by atoms with E-state index in [-0.39, 0.29) is 18.5 Å². The monoisotopic (exact) mass is 301 g/mol. The second-order valence-electron chi connectivity index (χ2n) is 5.63. The summed E-state index contributed by atoms with van der Waals surface area (Å²) in [5, 5.41) is 2.57. The maximum absolute atomic E-state index is 12.0. The Morgan fingerprint density at radius 1 is 1.00 bits per heavy atom. The van der Waals surface area contributed by atoms with Gasteiger partial charge in [-0.2, -0.15) is 0 Å². The molecule has 5 nitrogen and oxygen atoms in total. The normalized spacial score (nSPS) is 12.0. The highest BCUT2D eigenvalue weighted by molar-refractivity contribution is 5.81. The number of hydrogen-bond acceptors (Lipinski definition) is 4. The zero-order valence-corrected chi connectivity index (χ0v) is 13.9. The molecular weight excluding hydrogens is 270 g/mol. The molecule has 0 bridgehead atoms. The number of carbonyl (C=O) groups is 2. The van der Waals surface area contributed by atoms with Crippen molar-refractivity contribution in [3.8, 4) is 0 Å². The van der Waals surface area contributed by atoms with Crippen LogP contribution in [0.1, 0.15) is 66.2 Å². The fraction of sp³-hybridized carbons (Fsp3) is 0.875. The maximum atomic E-state index is 12.0. The highest BCUT2D eigenvalue weighted by Gasteiger charge is 2.23. The lowest BCUT2D eigenvalue weighted by molar-refractivity contribution is -0.146. The number of esters is 1. The molecule has 0 saturated carbocycles. The van der Waals surface area contributed by atoms with E-state index < -0.39 is 12.1 Å². The quantitative estimate of drug-likeness (QED) is 0.467. The molecule has 0 heterocycles. The molecule has 21 heavy (non-hydrogen) atoms. The first-order valence-corrected chi connectivity index (χ1v) is 8.11. The molecule has 5 heteroatoms. The molecule has 1 atom stereocenters. The lowest BCUT2D eigenvalue weighted by Crippen LogP contribution is -2.43. The second-order valence-corrected chi connectivity index (χ2v) is 5.63. The molecule has 0 aromatic carbocycles. The van der Waals surface area contributed by atoms with Gasteiger partial charge >= 0.3 is 12.1 Å². The zero-order valence-electron chi connectivity index (χ0n) is 13.9. The molecule has 1 amide bonds. The van der Waals surface area contributed by atoms with Crippen LogP contribution in [0.5, 0.6) is 0 Å². The van der Waals surface area contributed by atoms with Crippen LogP contribution in [-0.4, -0.2) is 31.3 Å². The molecule has 0 aromatic rings. The summed E-state index contributed by atoms with van der Waals surface area (Å²) in [5.41, 5.74) is 0. The van der Waals surface area contributed by atoms with E-state index in [1.54, 1.807) is 6.92 Å². The fourth-order valence-electron chi connectivity index (χ4n) is 1.98. The minimum atomic E-state index is -0.625. The largest absolute Gasteiger partial charge is 0.464 e. The van der Waals surface area contributed by atoms with Crippen LogP contribution in [-0.2, 0) is 14.3 Å². The van der Waals surface area contributed by atoms with Crippen molar-refractivity contribution in [1.82, 2.24) is 5.32 Å². The summed E-state index contributed by atoms with van der Waals surface area (Å²) in [6.07, 6.45) is 5.51. The molecule has 1 unspecified atom stereocenters. The minimum Gasteiger partial charge on any atom is -0.464 e. The lowest BCUT2D eigenvalue weighted by atomic mass is 10.0. The Kier molecular flexibility index (Phi) is 11.7. The van der Waals surface area contributed by atoms with Crippen LogP contribution >= 0.6 is 0 Å². The van der Waals surface area contributed by atoms with Gasteiger partial charge in [-0.1, -0.05) is 46.5 Å². The lowest BCUT2D eigenvalue weighted by Gasteiger charge is -2.19. The summed E-state index contributed by atoms with van der Waals surface area (Å²) >= 11 is 0. The van der Waals surface area contributed by atoms with Crippen molar-refractivity contribution in [3.63, 3.8) is 0 Å². The Bertz CT molecular complexity index is 292. The summed E-state index contributed by atoms with van der Waals surface area (Å²) in [4.78, 5) is 23.5. The Morgan fingerprint density at radius 2 is 1.67 bits per heavy atom. The van der Waals surface area contributed by atoms with E-state index in [1.165, 1.54) is 19.3 Å². The Hall–Kier alpha value is -1.26. The third-order valence-electron chi connectivity index (χ3n) is 3.05. The average Bonchev–Trinajstić information content (AvgIpc) is 2.41. The van der Waals surface area contributed by atoms with E-state index in [0.717, 1.165) is 12.8 Å². The van der Waals surface area contributed by atoms with Crippen molar-refractivity contribution in [1.29, 1.82) is 0 Å². The Balaban J connectivity index is 4.10. The molecule has 0 aliphatic rings. The molecule has 1 N–H and O–H groups in total. The third kappa shape index (κ3) is 11.1. The van der Waals surface area contributed by atoms with Crippen LogP contribution in [0.25, 0.3) is 0 Å². The van der Waals surface area contributed by atoms with Crippen molar-refractivity contribution in [2.24, 2.45) is 5.92 Å². The average molecular weight is 301 g/mol. The highest BCUT2D eigenvalue weighted by Crippen LogP contribution is 2.08. The van der Waals surface area contributed by atoms with Gasteiger partial charge in [0.15, 0.2) is 0 Å². The van der Waals surface area contributed by atoms with Crippen molar-refractivity contribution in [2.75, 3.05) is 13.2 Å². The summed E-state index contributed by atoms with van der Waals surface area (Å²) < 4.78 is 10.1. The Labute approximate surface area is 128 Å². The second kappa shape index (κ2) is 12.5. The minimum absolute atomic E-state index is 0.284. The van der Waals surface area contributed by atoms with Gasteiger partial charge in [0, 0.05) is 0 Å². The van der Waals surface area contributed by atoms with E-state index in [4.69, 9.17) is 9.47 Å². The molecule has 0 aliphatic heterocycles. The molecule has 124 valence electrons. The highest BCUT2D eigenvalue weighted by atomic mass is 16.6. The van der Waals surface area contributed by atoms with Gasteiger partial charge in [-0.3, -0.25) is 0 Å². The van der Waals surface area contributed by atoms with E-state index in [1.807, 2.05) is 13.8 Å². The van der Waals surface area contributed by atoms with Crippen LogP contribution < -0.4 is 5.32 Å². The first kappa shape index (κ1) is 19.7. The van der Waals surface area contributed by atoms with Gasteiger partial charge in [0.2, 0.25) is 0 Å². The predicted octanol–water partition coefficient (Wildman–Crippen LogP) is 3.66. The number of amides is 1. The van der Waals surface area contributed by atoms with Gasteiger partial charge in [0.25, 0.3) is 0 Å². The molecule has 0 radical (unpaired) electrons. The summed E-state index contributed by atoms with van der Waals surface area (Å²) in [5.74, 6) is -0.0822. The predicted molar refractivity (Wildman–Crippen MR) is 83.1 cm³/mol. The van der Waals surface area contributed by atoms with E-state index >= 15 is 0 Å². The summed E-state index contributed by atoms with van der Waals surface area (Å²) in [6.45, 7) is 8.59. The van der Waals surface area contributed by atoms with Gasteiger partial charge < -0.3 is 14.8 Å². The molecule has 0 aromatic heterocycles. The maximum Gasteiger partial charge on any atom is 0.407 e. The number of unbranched alkanes of at least 4 members (excludes halogenated alkanes) is 4. The summed E-state index contributed by atoms with van der Waals surface area (Å²) in [7, 11) is 0. The standard InChI is InChI=1S/C16H31NO4/c1-5-7-8-9-10-11-21-15(18)14(12-13(3)4)17-16(19)20-6-2/h13-14H,5-12H2,1-4H3,(H,17,19). The van der Waals surface area contributed by atoms with Gasteiger partial charge in [-0.05, 0) is 25.7 Å². The topological polar surface area (TPSA) is 64.6 Å². The molecule has 0 spiro atoms. The first-order chi connectivity index (χ1) is 10.0. The number of rotatable bonds is 11. The number of alkyl carbamates (subject to hydrolysis) is 1. The molecule has 0 fully saturated rings. The van der Waals surface area contributed by atoms with Gasteiger partial charge in [0.05, 0.1) is 13.2 Å². The van der Waals surface area contributed by atoms with Crippen LogP contribution in [0, 0.1) is 5.92 Å². The molecule has 0 rings (SSSR count). The third-order valence-corrected chi connectivity index (χ3v) is 3.05. The van der Waals surface area contributed by atoms with E-state index in [9.17, 15) is 9.59 Å². The van der Waals surface area contributed by atoms with Crippen LogP contribution in [0.15, 0.2) is 0 Å². The molecule has 0 saturated heterocycles. The van der Waals surface area contributed by atoms with Crippen LogP contribution in [0.3, 0.4) is 0 Å². The van der Waals surface area contributed by atoms with Crippen molar-refractivity contribution in [3.05, 3.63) is 0 Å². The SMILES string of the molecule is CCCCCCCOC(=O)C(CC(C)C)NC(=O)OCC. The fourth-order valence-corrected chi connectivity index (χ4v) is 1.98. The Morgan fingerprint density at radius 3 is 2.24 bits per heavy atom. The van der Waals surface area contributed by atoms with Crippen molar-refractivity contribution in [2.45, 2.75) is 72.3 Å².